The quantitative estimate of drug-likeness (QED) is 0.237. The van der Waals surface area contributed by atoms with E-state index in [0.29, 0.717) is 17.0 Å². The van der Waals surface area contributed by atoms with Crippen LogP contribution >= 0.6 is 23.8 Å². The van der Waals surface area contributed by atoms with E-state index in [1.807, 2.05) is 50.2 Å². The first-order valence-corrected chi connectivity index (χ1v) is 12.6. The van der Waals surface area contributed by atoms with Crippen LogP contribution in [0.25, 0.3) is 10.1 Å². The molecule has 0 bridgehead atoms. The summed E-state index contributed by atoms with van der Waals surface area (Å²) in [7, 11) is 0. The molecule has 2 aromatic carbocycles. The fourth-order valence-corrected chi connectivity index (χ4v) is 5.06. The average Bonchev–Trinajstić information content (AvgIpc) is 3.28. The Morgan fingerprint density at radius 1 is 0.914 bits per heavy atom. The van der Waals surface area contributed by atoms with Crippen molar-refractivity contribution in [2.45, 2.75) is 13.8 Å². The standard InChI is InChI=1S/C25H26N8S2/c1-17-16-18(2)27-23(26-17)29-24(30-25(34)28-19-8-4-3-5-9-19)33-14-12-32(13-15-33)22-20-10-6-7-11-21(20)35-31-22/h3-11,16H,12-15H2,1-2H3,(H2,26,27,28,29,30,34). The third-order valence-electron chi connectivity index (χ3n) is 5.68. The number of hydrogen-bond donors (Lipinski definition) is 2. The molecule has 1 fully saturated rings. The summed E-state index contributed by atoms with van der Waals surface area (Å²) in [6, 6.07) is 20.1. The van der Waals surface area contributed by atoms with Gasteiger partial charge in [-0.05, 0) is 67.9 Å². The van der Waals surface area contributed by atoms with Gasteiger partial charge in [0.1, 0.15) is 5.82 Å². The maximum absolute atomic E-state index is 5.57. The van der Waals surface area contributed by atoms with Crippen LogP contribution in [0.5, 0.6) is 0 Å². The molecule has 0 atom stereocenters. The Bertz CT molecular complexity index is 1340. The van der Waals surface area contributed by atoms with Crippen LogP contribution in [0, 0.1) is 13.8 Å². The Hall–Kier alpha value is -3.63. The molecule has 35 heavy (non-hydrogen) atoms. The van der Waals surface area contributed by atoms with Crippen molar-refractivity contribution in [1.29, 1.82) is 0 Å². The van der Waals surface area contributed by atoms with Gasteiger partial charge in [-0.15, -0.1) is 0 Å². The number of guanidine groups is 1. The van der Waals surface area contributed by atoms with Crippen LogP contribution in [0.3, 0.4) is 0 Å². The van der Waals surface area contributed by atoms with Crippen molar-refractivity contribution in [3.63, 3.8) is 0 Å². The van der Waals surface area contributed by atoms with Gasteiger partial charge < -0.3 is 15.1 Å². The zero-order valence-corrected chi connectivity index (χ0v) is 21.2. The molecule has 0 radical (unpaired) electrons. The van der Waals surface area contributed by atoms with Crippen molar-refractivity contribution in [3.8, 4) is 0 Å². The summed E-state index contributed by atoms with van der Waals surface area (Å²) >= 11 is 7.11. The summed E-state index contributed by atoms with van der Waals surface area (Å²) in [5.41, 5.74) is 2.68. The summed E-state index contributed by atoms with van der Waals surface area (Å²) in [4.78, 5) is 18.3. The molecule has 178 valence electrons. The molecule has 4 aromatic rings. The molecule has 2 N–H and O–H groups in total. The van der Waals surface area contributed by atoms with Crippen LogP contribution in [-0.2, 0) is 0 Å². The number of para-hydroxylation sites is 1. The van der Waals surface area contributed by atoms with E-state index in [-0.39, 0.29) is 0 Å². The molecular formula is C25H26N8S2. The monoisotopic (exact) mass is 502 g/mol. The normalized spacial score (nSPS) is 14.3. The second-order valence-corrected chi connectivity index (χ2v) is 9.50. The highest BCUT2D eigenvalue weighted by Crippen LogP contribution is 2.29. The van der Waals surface area contributed by atoms with Crippen LogP contribution in [0.4, 0.5) is 17.5 Å². The summed E-state index contributed by atoms with van der Waals surface area (Å²) in [5, 5.41) is 8.08. The van der Waals surface area contributed by atoms with E-state index in [2.05, 4.69) is 54.7 Å². The van der Waals surface area contributed by atoms with Crippen LogP contribution < -0.4 is 15.5 Å². The van der Waals surface area contributed by atoms with Gasteiger partial charge >= 0.3 is 0 Å². The minimum Gasteiger partial charge on any atom is -0.352 e. The van der Waals surface area contributed by atoms with Crippen molar-refractivity contribution >= 4 is 62.4 Å². The van der Waals surface area contributed by atoms with E-state index in [9.17, 15) is 0 Å². The third kappa shape index (κ3) is 5.55. The van der Waals surface area contributed by atoms with Gasteiger partial charge in [0.2, 0.25) is 17.0 Å². The van der Waals surface area contributed by atoms with Gasteiger partial charge in [-0.2, -0.15) is 9.37 Å². The van der Waals surface area contributed by atoms with Gasteiger partial charge in [-0.25, -0.2) is 9.97 Å². The number of aliphatic imine (C=N–C) groups is 1. The molecule has 0 amide bonds. The van der Waals surface area contributed by atoms with Gasteiger partial charge in [-0.3, -0.25) is 5.32 Å². The smallest absolute Gasteiger partial charge is 0.229 e. The number of rotatable bonds is 3. The number of aryl methyl sites for hydroxylation is 2. The number of benzene rings is 2. The Labute approximate surface area is 213 Å². The SMILES string of the molecule is Cc1cc(C)nc(N/C(=N/C(=S)Nc2ccccc2)N2CCN(c3nsc4ccccc34)CC2)n1. The van der Waals surface area contributed by atoms with Crippen LogP contribution in [-0.4, -0.2) is 56.5 Å². The summed E-state index contributed by atoms with van der Waals surface area (Å²) in [5.74, 6) is 2.19. The van der Waals surface area contributed by atoms with Crippen molar-refractivity contribution in [2.75, 3.05) is 41.7 Å². The van der Waals surface area contributed by atoms with E-state index in [4.69, 9.17) is 21.6 Å². The van der Waals surface area contributed by atoms with Crippen LogP contribution in [0.1, 0.15) is 11.4 Å². The van der Waals surface area contributed by atoms with Gasteiger partial charge in [0.25, 0.3) is 0 Å². The molecule has 2 aromatic heterocycles. The molecule has 1 aliphatic rings. The molecule has 10 heteroatoms. The molecule has 1 aliphatic heterocycles. The van der Waals surface area contributed by atoms with Crippen molar-refractivity contribution < 1.29 is 0 Å². The molecule has 8 nitrogen and oxygen atoms in total. The summed E-state index contributed by atoms with van der Waals surface area (Å²) < 4.78 is 5.93. The first-order chi connectivity index (χ1) is 17.0. The largest absolute Gasteiger partial charge is 0.352 e. The lowest BCUT2D eigenvalue weighted by Gasteiger charge is -2.36. The van der Waals surface area contributed by atoms with Gasteiger partial charge in [0.15, 0.2) is 0 Å². The van der Waals surface area contributed by atoms with Gasteiger partial charge in [0, 0.05) is 48.6 Å². The number of aromatic nitrogens is 3. The van der Waals surface area contributed by atoms with E-state index in [1.165, 1.54) is 10.1 Å². The lowest BCUT2D eigenvalue weighted by Crippen LogP contribution is -2.51. The molecular weight excluding hydrogens is 476 g/mol. The highest BCUT2D eigenvalue weighted by Gasteiger charge is 2.24. The minimum absolute atomic E-state index is 0.371. The predicted molar refractivity (Wildman–Crippen MR) is 149 cm³/mol. The molecule has 5 rings (SSSR count). The molecule has 1 saturated heterocycles. The third-order valence-corrected chi connectivity index (χ3v) is 6.69. The lowest BCUT2D eigenvalue weighted by molar-refractivity contribution is 0.384. The number of nitrogens with zero attached hydrogens (tertiary/aromatic N) is 6. The number of nitrogens with one attached hydrogen (secondary N) is 2. The molecule has 0 saturated carbocycles. The summed E-state index contributed by atoms with van der Waals surface area (Å²) in [6.45, 7) is 7.07. The highest BCUT2D eigenvalue weighted by molar-refractivity contribution is 7.80. The van der Waals surface area contributed by atoms with Crippen molar-refractivity contribution in [3.05, 3.63) is 72.1 Å². The van der Waals surface area contributed by atoms with Crippen LogP contribution in [0.15, 0.2) is 65.7 Å². The molecule has 0 aliphatic carbocycles. The first-order valence-electron chi connectivity index (χ1n) is 11.4. The lowest BCUT2D eigenvalue weighted by atomic mass is 10.2. The maximum atomic E-state index is 5.57. The minimum atomic E-state index is 0.371. The number of anilines is 3. The zero-order chi connectivity index (χ0) is 24.2. The van der Waals surface area contributed by atoms with E-state index in [0.717, 1.165) is 49.1 Å². The predicted octanol–water partition coefficient (Wildman–Crippen LogP) is 4.69. The van der Waals surface area contributed by atoms with E-state index >= 15 is 0 Å². The zero-order valence-electron chi connectivity index (χ0n) is 19.6. The van der Waals surface area contributed by atoms with E-state index in [1.54, 1.807) is 11.5 Å². The Morgan fingerprint density at radius 3 is 2.34 bits per heavy atom. The fourth-order valence-electron chi connectivity index (χ4n) is 4.06. The number of hydrogen-bond acceptors (Lipinski definition) is 6. The number of fused-ring (bicyclic) bond motifs is 1. The Kier molecular flexibility index (Phi) is 6.82. The maximum Gasteiger partial charge on any atom is 0.229 e. The average molecular weight is 503 g/mol. The second-order valence-electron chi connectivity index (χ2n) is 8.31. The first kappa shape index (κ1) is 23.1. The highest BCUT2D eigenvalue weighted by atomic mass is 32.1. The van der Waals surface area contributed by atoms with Gasteiger partial charge in [-0.1, -0.05) is 30.3 Å². The van der Waals surface area contributed by atoms with Crippen LogP contribution in [0.2, 0.25) is 0 Å². The topological polar surface area (TPSA) is 81.6 Å². The molecule has 3 heterocycles. The fraction of sp³-hybridized carbons (Fsp3) is 0.240. The molecule has 0 unspecified atom stereocenters. The summed E-state index contributed by atoms with van der Waals surface area (Å²) in [6.07, 6.45) is 0. The Morgan fingerprint density at radius 2 is 1.60 bits per heavy atom. The van der Waals surface area contributed by atoms with Crippen molar-refractivity contribution in [2.24, 2.45) is 4.99 Å². The van der Waals surface area contributed by atoms with E-state index < -0.39 is 0 Å². The second kappa shape index (κ2) is 10.3. The Balaban J connectivity index is 1.35. The number of thiocarbonyl (C=S) groups is 1. The van der Waals surface area contributed by atoms with Crippen molar-refractivity contribution in [1.82, 2.24) is 19.2 Å². The molecule has 0 spiro atoms. The number of piperazine rings is 1. The van der Waals surface area contributed by atoms with Gasteiger partial charge in [0.05, 0.1) is 4.70 Å².